The molecule has 1 aliphatic rings. The number of carbonyl (C=O) groups excluding carboxylic acids is 2. The molecule has 1 aliphatic heterocycles. The predicted octanol–water partition coefficient (Wildman–Crippen LogP) is 2.69. The Hall–Kier alpha value is -2.46. The molecule has 1 aromatic carbocycles. The Morgan fingerprint density at radius 2 is 1.92 bits per heavy atom. The van der Waals surface area contributed by atoms with Gasteiger partial charge in [-0.2, -0.15) is 0 Å². The largest absolute Gasteiger partial charge is 0.493 e. The van der Waals surface area contributed by atoms with Gasteiger partial charge >= 0.3 is 11.9 Å². The second-order valence-electron chi connectivity index (χ2n) is 5.26. The molecular formula is C17H15BrO6. The van der Waals surface area contributed by atoms with Crippen molar-refractivity contribution < 1.29 is 28.5 Å². The number of hydrogen-bond donors (Lipinski definition) is 0. The first kappa shape index (κ1) is 17.9. The highest BCUT2D eigenvalue weighted by Gasteiger charge is 2.38. The minimum atomic E-state index is -1.28. The minimum absolute atomic E-state index is 0.0726. The van der Waals surface area contributed by atoms with E-state index in [0.717, 1.165) is 0 Å². The van der Waals surface area contributed by atoms with Crippen molar-refractivity contribution in [1.82, 2.24) is 0 Å². The van der Waals surface area contributed by atoms with Gasteiger partial charge in [0.05, 0.1) is 11.6 Å². The molecule has 0 unspecified atom stereocenters. The maximum atomic E-state index is 12.0. The van der Waals surface area contributed by atoms with E-state index in [2.05, 4.69) is 21.9 Å². The first-order chi connectivity index (χ1) is 11.3. The van der Waals surface area contributed by atoms with Crippen LogP contribution in [-0.4, -0.2) is 31.4 Å². The van der Waals surface area contributed by atoms with Crippen molar-refractivity contribution in [2.24, 2.45) is 0 Å². The normalized spacial score (nSPS) is 15.9. The van der Waals surface area contributed by atoms with Crippen LogP contribution in [0.15, 0.2) is 22.2 Å². The molecule has 0 saturated carbocycles. The second-order valence-corrected chi connectivity index (χ2v) is 6.12. The molecular weight excluding hydrogens is 380 g/mol. The summed E-state index contributed by atoms with van der Waals surface area (Å²) < 4.78 is 21.3. The lowest BCUT2D eigenvalue weighted by atomic mass is 10.1. The van der Waals surface area contributed by atoms with Crippen LogP contribution >= 0.6 is 15.9 Å². The van der Waals surface area contributed by atoms with Crippen molar-refractivity contribution >= 4 is 33.9 Å². The van der Waals surface area contributed by atoms with Gasteiger partial charge in [-0.25, -0.2) is 9.59 Å². The molecule has 0 aromatic heterocycles. The van der Waals surface area contributed by atoms with Crippen molar-refractivity contribution in [3.8, 4) is 23.8 Å². The zero-order chi connectivity index (χ0) is 17.9. The molecule has 7 heteroatoms. The smallest absolute Gasteiger partial charge is 0.348 e. The Kier molecular flexibility index (Phi) is 5.20. The van der Waals surface area contributed by atoms with Crippen molar-refractivity contribution in [1.29, 1.82) is 0 Å². The molecule has 126 valence electrons. The molecule has 0 spiro atoms. The van der Waals surface area contributed by atoms with Crippen LogP contribution in [0, 0.1) is 12.3 Å². The fourth-order valence-corrected chi connectivity index (χ4v) is 2.60. The summed E-state index contributed by atoms with van der Waals surface area (Å²) in [5.74, 6) is 0.395. The van der Waals surface area contributed by atoms with Crippen molar-refractivity contribution in [2.75, 3.05) is 13.7 Å². The fraction of sp³-hybridized carbons (Fsp3) is 0.294. The van der Waals surface area contributed by atoms with Crippen LogP contribution < -0.4 is 9.47 Å². The van der Waals surface area contributed by atoms with E-state index in [1.54, 1.807) is 12.1 Å². The van der Waals surface area contributed by atoms with Gasteiger partial charge in [0.15, 0.2) is 11.5 Å². The Morgan fingerprint density at radius 1 is 1.29 bits per heavy atom. The first-order valence-corrected chi connectivity index (χ1v) is 7.69. The van der Waals surface area contributed by atoms with Gasteiger partial charge in [0.25, 0.3) is 5.79 Å². The third-order valence-corrected chi connectivity index (χ3v) is 3.57. The minimum Gasteiger partial charge on any atom is -0.493 e. The summed E-state index contributed by atoms with van der Waals surface area (Å²) in [5, 5.41) is 0. The average molecular weight is 395 g/mol. The van der Waals surface area contributed by atoms with E-state index in [1.165, 1.54) is 27.0 Å². The van der Waals surface area contributed by atoms with E-state index in [0.29, 0.717) is 21.5 Å². The van der Waals surface area contributed by atoms with Gasteiger partial charge in [0.1, 0.15) is 12.2 Å². The summed E-state index contributed by atoms with van der Waals surface area (Å²) in [7, 11) is 1.47. The third kappa shape index (κ3) is 3.89. The lowest BCUT2D eigenvalue weighted by molar-refractivity contribution is -0.222. The van der Waals surface area contributed by atoms with Crippen molar-refractivity contribution in [3.05, 3.63) is 27.7 Å². The van der Waals surface area contributed by atoms with Crippen molar-refractivity contribution in [2.45, 2.75) is 19.6 Å². The highest BCUT2D eigenvalue weighted by Crippen LogP contribution is 2.37. The zero-order valence-corrected chi connectivity index (χ0v) is 14.9. The van der Waals surface area contributed by atoms with E-state index in [1.807, 2.05) is 0 Å². The quantitative estimate of drug-likeness (QED) is 0.338. The number of methoxy groups -OCH3 is 1. The third-order valence-electron chi connectivity index (χ3n) is 2.98. The average Bonchev–Trinajstić information content (AvgIpc) is 2.48. The molecule has 1 heterocycles. The van der Waals surface area contributed by atoms with Crippen LogP contribution in [0.3, 0.4) is 0 Å². The van der Waals surface area contributed by atoms with Gasteiger partial charge in [-0.15, -0.1) is 6.42 Å². The number of terminal acetylenes is 1. The number of benzene rings is 1. The van der Waals surface area contributed by atoms with E-state index in [9.17, 15) is 9.59 Å². The number of cyclic esters (lactones) is 2. The summed E-state index contributed by atoms with van der Waals surface area (Å²) in [4.78, 5) is 24.0. The number of carbonyl (C=O) groups is 2. The van der Waals surface area contributed by atoms with Gasteiger partial charge < -0.3 is 18.9 Å². The van der Waals surface area contributed by atoms with Crippen LogP contribution in [-0.2, 0) is 19.1 Å². The van der Waals surface area contributed by atoms with Crippen LogP contribution in [0.4, 0.5) is 0 Å². The number of rotatable bonds is 4. The highest BCUT2D eigenvalue weighted by atomic mass is 79.9. The van der Waals surface area contributed by atoms with Crippen LogP contribution in [0.25, 0.3) is 6.08 Å². The molecule has 0 N–H and O–H groups in total. The molecule has 0 atom stereocenters. The molecule has 1 saturated heterocycles. The van der Waals surface area contributed by atoms with Gasteiger partial charge in [0, 0.05) is 13.8 Å². The van der Waals surface area contributed by atoms with E-state index in [-0.39, 0.29) is 12.2 Å². The maximum absolute atomic E-state index is 12.0. The topological polar surface area (TPSA) is 71.1 Å². The molecule has 0 aliphatic carbocycles. The maximum Gasteiger partial charge on any atom is 0.348 e. The Balaban J connectivity index is 2.40. The number of ether oxygens (including phenoxy) is 4. The highest BCUT2D eigenvalue weighted by molar-refractivity contribution is 9.10. The van der Waals surface area contributed by atoms with Crippen LogP contribution in [0.5, 0.6) is 11.5 Å². The fourth-order valence-electron chi connectivity index (χ4n) is 2.02. The Bertz CT molecular complexity index is 735. The molecule has 24 heavy (non-hydrogen) atoms. The standard InChI is InChI=1S/C17H15BrO6/c1-5-6-22-14-12(18)8-10(9-13(14)21-4)7-11-15(19)23-17(2,3)24-16(11)20/h1,7-9H,6H2,2-4H3. The molecule has 1 aromatic rings. The molecule has 0 amide bonds. The van der Waals surface area contributed by atoms with E-state index < -0.39 is 17.7 Å². The van der Waals surface area contributed by atoms with Gasteiger partial charge in [-0.05, 0) is 39.7 Å². The molecule has 6 nitrogen and oxygen atoms in total. The lowest BCUT2D eigenvalue weighted by Crippen LogP contribution is -2.41. The van der Waals surface area contributed by atoms with E-state index >= 15 is 0 Å². The molecule has 0 bridgehead atoms. The van der Waals surface area contributed by atoms with Gasteiger partial charge in [0.2, 0.25) is 0 Å². The Labute approximate surface area is 147 Å². The second kappa shape index (κ2) is 6.97. The summed E-state index contributed by atoms with van der Waals surface area (Å²) >= 11 is 3.35. The van der Waals surface area contributed by atoms with Crippen LogP contribution in [0.2, 0.25) is 0 Å². The summed E-state index contributed by atoms with van der Waals surface area (Å²) in [6, 6.07) is 3.26. The first-order valence-electron chi connectivity index (χ1n) is 6.89. The SMILES string of the molecule is C#CCOc1c(Br)cc(C=C2C(=O)OC(C)(C)OC2=O)cc1OC. The number of hydrogen-bond acceptors (Lipinski definition) is 6. The molecule has 1 fully saturated rings. The zero-order valence-electron chi connectivity index (χ0n) is 13.3. The monoisotopic (exact) mass is 394 g/mol. The lowest BCUT2D eigenvalue weighted by Gasteiger charge is -2.29. The molecule has 2 rings (SSSR count). The summed E-state index contributed by atoms with van der Waals surface area (Å²) in [6.07, 6.45) is 6.54. The van der Waals surface area contributed by atoms with Crippen molar-refractivity contribution in [3.63, 3.8) is 0 Å². The van der Waals surface area contributed by atoms with Gasteiger partial charge in [-0.1, -0.05) is 5.92 Å². The summed E-state index contributed by atoms with van der Waals surface area (Å²) in [6.45, 7) is 3.04. The van der Waals surface area contributed by atoms with Crippen LogP contribution in [0.1, 0.15) is 19.4 Å². The predicted molar refractivity (Wildman–Crippen MR) is 89.3 cm³/mol. The summed E-state index contributed by atoms with van der Waals surface area (Å²) in [5.41, 5.74) is 0.316. The van der Waals surface area contributed by atoms with Gasteiger partial charge in [-0.3, -0.25) is 0 Å². The Morgan fingerprint density at radius 3 is 2.46 bits per heavy atom. The van der Waals surface area contributed by atoms with E-state index in [4.69, 9.17) is 25.4 Å². The molecule has 0 radical (unpaired) electrons. The number of halogens is 1. The number of esters is 2.